The van der Waals surface area contributed by atoms with Crippen LogP contribution in [0.4, 0.5) is 0 Å². The van der Waals surface area contributed by atoms with Gasteiger partial charge in [0.2, 0.25) is 5.91 Å². The van der Waals surface area contributed by atoms with Crippen LogP contribution >= 0.6 is 11.6 Å². The highest BCUT2D eigenvalue weighted by atomic mass is 35.5. The predicted octanol–water partition coefficient (Wildman–Crippen LogP) is 0.291. The van der Waals surface area contributed by atoms with E-state index in [-0.39, 0.29) is 5.91 Å². The van der Waals surface area contributed by atoms with Gasteiger partial charge in [0.1, 0.15) is 5.38 Å². The van der Waals surface area contributed by atoms with Gasteiger partial charge in [0, 0.05) is 13.1 Å². The van der Waals surface area contributed by atoms with Crippen molar-refractivity contribution in [2.24, 2.45) is 0 Å². The first-order chi connectivity index (χ1) is 5.04. The third-order valence-corrected chi connectivity index (χ3v) is 1.42. The molecule has 0 aromatic rings. The molecule has 0 spiro atoms. The van der Waals surface area contributed by atoms with Crippen LogP contribution in [0.15, 0.2) is 0 Å². The van der Waals surface area contributed by atoms with Crippen LogP contribution in [0, 0.1) is 0 Å². The molecule has 4 heteroatoms. The Labute approximate surface area is 72.7 Å². The molecular weight excluding hydrogens is 164 g/mol. The molecule has 0 bridgehead atoms. The SMILES string of the molecule is CC(Cl)C(=O)NCCN(C)C. The van der Waals surface area contributed by atoms with Crippen molar-refractivity contribution in [2.75, 3.05) is 27.2 Å². The highest BCUT2D eigenvalue weighted by Crippen LogP contribution is 1.91. The molecular formula is C7H15ClN2O. The van der Waals surface area contributed by atoms with E-state index in [1.54, 1.807) is 6.92 Å². The van der Waals surface area contributed by atoms with Crippen LogP contribution in [-0.2, 0) is 4.79 Å². The highest BCUT2D eigenvalue weighted by molar-refractivity contribution is 6.30. The molecule has 0 saturated carbocycles. The van der Waals surface area contributed by atoms with E-state index in [2.05, 4.69) is 5.32 Å². The van der Waals surface area contributed by atoms with Gasteiger partial charge in [0.15, 0.2) is 0 Å². The maximum Gasteiger partial charge on any atom is 0.237 e. The lowest BCUT2D eigenvalue weighted by atomic mass is 10.4. The van der Waals surface area contributed by atoms with E-state index >= 15 is 0 Å². The van der Waals surface area contributed by atoms with Crippen molar-refractivity contribution >= 4 is 17.5 Å². The van der Waals surface area contributed by atoms with Crippen LogP contribution in [0.3, 0.4) is 0 Å². The monoisotopic (exact) mass is 178 g/mol. The van der Waals surface area contributed by atoms with Gasteiger partial charge < -0.3 is 10.2 Å². The average Bonchev–Trinajstić information content (AvgIpc) is 1.86. The number of rotatable bonds is 4. The van der Waals surface area contributed by atoms with E-state index in [1.165, 1.54) is 0 Å². The van der Waals surface area contributed by atoms with Gasteiger partial charge in [0.25, 0.3) is 0 Å². The predicted molar refractivity (Wildman–Crippen MR) is 46.9 cm³/mol. The lowest BCUT2D eigenvalue weighted by molar-refractivity contribution is -0.120. The number of halogens is 1. The van der Waals surface area contributed by atoms with E-state index in [0.717, 1.165) is 6.54 Å². The van der Waals surface area contributed by atoms with Crippen molar-refractivity contribution in [3.05, 3.63) is 0 Å². The molecule has 0 fully saturated rings. The number of nitrogens with zero attached hydrogens (tertiary/aromatic N) is 1. The molecule has 3 nitrogen and oxygen atoms in total. The van der Waals surface area contributed by atoms with E-state index in [1.807, 2.05) is 19.0 Å². The maximum atomic E-state index is 10.9. The minimum absolute atomic E-state index is 0.103. The van der Waals surface area contributed by atoms with E-state index in [0.29, 0.717) is 6.54 Å². The number of carbonyl (C=O) groups is 1. The summed E-state index contributed by atoms with van der Waals surface area (Å²) in [6, 6.07) is 0. The van der Waals surface area contributed by atoms with E-state index in [9.17, 15) is 4.79 Å². The second kappa shape index (κ2) is 5.38. The molecule has 0 heterocycles. The summed E-state index contributed by atoms with van der Waals surface area (Å²) in [6.45, 7) is 3.16. The molecule has 0 aliphatic carbocycles. The highest BCUT2D eigenvalue weighted by Gasteiger charge is 2.06. The van der Waals surface area contributed by atoms with Crippen LogP contribution in [-0.4, -0.2) is 43.4 Å². The Kier molecular flexibility index (Phi) is 5.24. The summed E-state index contributed by atoms with van der Waals surface area (Å²) < 4.78 is 0. The normalized spacial score (nSPS) is 13.2. The number of amides is 1. The van der Waals surface area contributed by atoms with Gasteiger partial charge in [0.05, 0.1) is 0 Å². The summed E-state index contributed by atoms with van der Waals surface area (Å²) in [5.41, 5.74) is 0. The Morgan fingerprint density at radius 1 is 1.64 bits per heavy atom. The Hall–Kier alpha value is -0.280. The van der Waals surface area contributed by atoms with E-state index < -0.39 is 5.38 Å². The van der Waals surface area contributed by atoms with Crippen molar-refractivity contribution in [1.82, 2.24) is 10.2 Å². The van der Waals surface area contributed by atoms with Crippen molar-refractivity contribution in [2.45, 2.75) is 12.3 Å². The topological polar surface area (TPSA) is 32.3 Å². The summed E-state index contributed by atoms with van der Waals surface area (Å²) >= 11 is 5.52. The number of nitrogens with one attached hydrogen (secondary N) is 1. The van der Waals surface area contributed by atoms with Crippen LogP contribution in [0.25, 0.3) is 0 Å². The largest absolute Gasteiger partial charge is 0.354 e. The van der Waals surface area contributed by atoms with Gasteiger partial charge in [-0.25, -0.2) is 0 Å². The molecule has 66 valence electrons. The fraction of sp³-hybridized carbons (Fsp3) is 0.857. The number of hydrogen-bond donors (Lipinski definition) is 1. The summed E-state index contributed by atoms with van der Waals surface area (Å²) in [4.78, 5) is 12.9. The van der Waals surface area contributed by atoms with Crippen molar-refractivity contribution in [3.63, 3.8) is 0 Å². The third-order valence-electron chi connectivity index (χ3n) is 1.22. The summed E-state index contributed by atoms with van der Waals surface area (Å²) in [7, 11) is 3.91. The van der Waals surface area contributed by atoms with Gasteiger partial charge in [-0.2, -0.15) is 0 Å². The standard InChI is InChI=1S/C7H15ClN2O/c1-6(8)7(11)9-4-5-10(2)3/h6H,4-5H2,1-3H3,(H,9,11). The van der Waals surface area contributed by atoms with Crippen LogP contribution < -0.4 is 5.32 Å². The van der Waals surface area contributed by atoms with Gasteiger partial charge >= 0.3 is 0 Å². The first-order valence-corrected chi connectivity index (χ1v) is 4.04. The second-order valence-electron chi connectivity index (χ2n) is 2.71. The molecule has 0 rings (SSSR count). The summed E-state index contributed by atoms with van der Waals surface area (Å²) in [6.07, 6.45) is 0. The smallest absolute Gasteiger partial charge is 0.237 e. The first kappa shape index (κ1) is 10.7. The van der Waals surface area contributed by atoms with Crippen LogP contribution in [0.2, 0.25) is 0 Å². The number of hydrogen-bond acceptors (Lipinski definition) is 2. The Morgan fingerprint density at radius 2 is 2.18 bits per heavy atom. The van der Waals surface area contributed by atoms with Gasteiger partial charge in [-0.3, -0.25) is 4.79 Å². The molecule has 1 atom stereocenters. The molecule has 1 amide bonds. The second-order valence-corrected chi connectivity index (χ2v) is 3.36. The van der Waals surface area contributed by atoms with Crippen LogP contribution in [0.5, 0.6) is 0 Å². The fourth-order valence-electron chi connectivity index (χ4n) is 0.543. The zero-order chi connectivity index (χ0) is 8.85. The summed E-state index contributed by atoms with van der Waals surface area (Å²) in [5.74, 6) is -0.103. The zero-order valence-corrected chi connectivity index (χ0v) is 7.98. The first-order valence-electron chi connectivity index (χ1n) is 3.60. The fourth-order valence-corrected chi connectivity index (χ4v) is 0.620. The molecule has 1 unspecified atom stereocenters. The number of alkyl halides is 1. The van der Waals surface area contributed by atoms with Gasteiger partial charge in [-0.1, -0.05) is 0 Å². The number of likely N-dealkylation sites (N-methyl/N-ethyl adjacent to an activating group) is 1. The Bertz CT molecular complexity index is 126. The van der Waals surface area contributed by atoms with Crippen LogP contribution in [0.1, 0.15) is 6.92 Å². The van der Waals surface area contributed by atoms with Crippen molar-refractivity contribution in [1.29, 1.82) is 0 Å². The van der Waals surface area contributed by atoms with Crippen molar-refractivity contribution in [3.8, 4) is 0 Å². The Morgan fingerprint density at radius 3 is 2.55 bits per heavy atom. The zero-order valence-electron chi connectivity index (χ0n) is 7.22. The maximum absolute atomic E-state index is 10.9. The lowest BCUT2D eigenvalue weighted by Gasteiger charge is -2.10. The molecule has 0 radical (unpaired) electrons. The Balaban J connectivity index is 3.32. The number of carbonyl (C=O) groups excluding carboxylic acids is 1. The van der Waals surface area contributed by atoms with Crippen molar-refractivity contribution < 1.29 is 4.79 Å². The van der Waals surface area contributed by atoms with Gasteiger partial charge in [-0.15, -0.1) is 11.6 Å². The minimum Gasteiger partial charge on any atom is -0.354 e. The minimum atomic E-state index is -0.433. The molecule has 0 aliphatic rings. The molecule has 0 saturated heterocycles. The van der Waals surface area contributed by atoms with Gasteiger partial charge in [-0.05, 0) is 21.0 Å². The molecule has 0 aromatic heterocycles. The molecule has 0 aromatic carbocycles. The average molecular weight is 179 g/mol. The molecule has 0 aliphatic heterocycles. The molecule has 11 heavy (non-hydrogen) atoms. The lowest BCUT2D eigenvalue weighted by Crippen LogP contribution is -2.35. The molecule has 1 N–H and O–H groups in total. The third kappa shape index (κ3) is 6.13. The van der Waals surface area contributed by atoms with E-state index in [4.69, 9.17) is 11.6 Å². The quantitative estimate of drug-likeness (QED) is 0.628. The summed E-state index contributed by atoms with van der Waals surface area (Å²) in [5, 5.41) is 2.27.